The van der Waals surface area contributed by atoms with Gasteiger partial charge < -0.3 is 15.5 Å². The number of hydrogen-bond donors (Lipinski definition) is 2. The molecule has 3 aromatic rings. The summed E-state index contributed by atoms with van der Waals surface area (Å²) < 4.78 is 0. The number of anilines is 1. The van der Waals surface area contributed by atoms with Crippen LogP contribution in [0.1, 0.15) is 27.5 Å². The lowest BCUT2D eigenvalue weighted by atomic mass is 10.0. The number of aromatic nitrogens is 1. The molecule has 2 heterocycles. The van der Waals surface area contributed by atoms with Gasteiger partial charge in [-0.15, -0.1) is 0 Å². The van der Waals surface area contributed by atoms with Crippen molar-refractivity contribution in [2.24, 2.45) is 0 Å². The summed E-state index contributed by atoms with van der Waals surface area (Å²) >= 11 is 5.99. The molecule has 0 spiro atoms. The van der Waals surface area contributed by atoms with E-state index in [1.165, 1.54) is 5.56 Å². The van der Waals surface area contributed by atoms with E-state index in [4.69, 9.17) is 11.6 Å². The summed E-state index contributed by atoms with van der Waals surface area (Å²) in [6, 6.07) is 21.9. The molecular formula is C23H23ClN4O. The van der Waals surface area contributed by atoms with Gasteiger partial charge in [-0.1, -0.05) is 54.1 Å². The Morgan fingerprint density at radius 1 is 1.14 bits per heavy atom. The fraction of sp³-hybridized carbons (Fsp3) is 0.217. The van der Waals surface area contributed by atoms with Gasteiger partial charge in [0.2, 0.25) is 0 Å². The van der Waals surface area contributed by atoms with Crippen LogP contribution in [-0.2, 0) is 6.54 Å². The molecular weight excluding hydrogens is 384 g/mol. The van der Waals surface area contributed by atoms with E-state index in [0.29, 0.717) is 17.1 Å². The second-order valence-electron chi connectivity index (χ2n) is 7.08. The lowest BCUT2D eigenvalue weighted by Gasteiger charge is -2.34. The van der Waals surface area contributed by atoms with E-state index < -0.39 is 0 Å². The van der Waals surface area contributed by atoms with Crippen LogP contribution in [0, 0.1) is 0 Å². The van der Waals surface area contributed by atoms with Crippen LogP contribution in [0.5, 0.6) is 0 Å². The number of rotatable bonds is 5. The molecule has 1 amide bonds. The maximum atomic E-state index is 12.4. The lowest BCUT2D eigenvalue weighted by molar-refractivity contribution is 0.0950. The molecule has 0 aliphatic carbocycles. The molecule has 1 aromatic heterocycles. The molecule has 1 aliphatic rings. The maximum Gasteiger partial charge on any atom is 0.253 e. The third-order valence-electron chi connectivity index (χ3n) is 5.05. The molecule has 0 radical (unpaired) electrons. The second kappa shape index (κ2) is 9.07. The fourth-order valence-corrected chi connectivity index (χ4v) is 3.72. The summed E-state index contributed by atoms with van der Waals surface area (Å²) in [5.74, 6) is 0.741. The molecule has 1 atom stereocenters. The number of hydrogen-bond acceptors (Lipinski definition) is 4. The van der Waals surface area contributed by atoms with Crippen LogP contribution in [0.2, 0.25) is 5.02 Å². The Hall–Kier alpha value is -2.89. The van der Waals surface area contributed by atoms with E-state index in [9.17, 15) is 4.79 Å². The van der Waals surface area contributed by atoms with Crippen LogP contribution >= 0.6 is 11.6 Å². The second-order valence-corrected chi connectivity index (χ2v) is 7.52. The first-order chi connectivity index (χ1) is 14.2. The number of halogens is 1. The summed E-state index contributed by atoms with van der Waals surface area (Å²) in [7, 11) is 0. The van der Waals surface area contributed by atoms with Crippen LogP contribution < -0.4 is 15.5 Å². The van der Waals surface area contributed by atoms with Crippen molar-refractivity contribution in [1.82, 2.24) is 15.6 Å². The molecule has 0 saturated carbocycles. The molecule has 148 valence electrons. The van der Waals surface area contributed by atoms with Gasteiger partial charge >= 0.3 is 0 Å². The summed E-state index contributed by atoms with van der Waals surface area (Å²) in [5, 5.41) is 7.13. The summed E-state index contributed by atoms with van der Waals surface area (Å²) in [6.07, 6.45) is 1.64. The van der Waals surface area contributed by atoms with E-state index >= 15 is 0 Å². The Labute approximate surface area is 175 Å². The summed E-state index contributed by atoms with van der Waals surface area (Å²) in [4.78, 5) is 19.2. The van der Waals surface area contributed by atoms with Crippen molar-refractivity contribution < 1.29 is 4.79 Å². The highest BCUT2D eigenvalue weighted by Gasteiger charge is 2.21. The quantitative estimate of drug-likeness (QED) is 0.676. The fourth-order valence-electron chi connectivity index (χ4n) is 3.51. The van der Waals surface area contributed by atoms with Crippen molar-refractivity contribution in [3.8, 4) is 0 Å². The van der Waals surface area contributed by atoms with Gasteiger partial charge in [0, 0.05) is 43.4 Å². The van der Waals surface area contributed by atoms with Crippen molar-refractivity contribution in [2.45, 2.75) is 12.6 Å². The smallest absolute Gasteiger partial charge is 0.253 e. The normalized spacial score (nSPS) is 16.4. The Balaban J connectivity index is 1.37. The predicted octanol–water partition coefficient (Wildman–Crippen LogP) is 3.82. The maximum absolute atomic E-state index is 12.4. The average Bonchev–Trinajstić information content (AvgIpc) is 2.78. The molecule has 4 rings (SSSR count). The van der Waals surface area contributed by atoms with Crippen molar-refractivity contribution >= 4 is 23.3 Å². The largest absolute Gasteiger partial charge is 0.353 e. The number of carbonyl (C=O) groups excluding carboxylic acids is 1. The van der Waals surface area contributed by atoms with E-state index in [1.54, 1.807) is 6.20 Å². The predicted molar refractivity (Wildman–Crippen MR) is 116 cm³/mol. The summed E-state index contributed by atoms with van der Waals surface area (Å²) in [5.41, 5.74) is 2.78. The van der Waals surface area contributed by atoms with Gasteiger partial charge in [0.15, 0.2) is 0 Å². The van der Waals surface area contributed by atoms with E-state index in [1.807, 2.05) is 42.5 Å². The minimum atomic E-state index is -0.147. The van der Waals surface area contributed by atoms with Crippen molar-refractivity contribution in [2.75, 3.05) is 24.5 Å². The van der Waals surface area contributed by atoms with Crippen molar-refractivity contribution in [3.05, 3.63) is 94.6 Å². The van der Waals surface area contributed by atoms with Gasteiger partial charge in [0.05, 0.1) is 5.56 Å². The Kier molecular flexibility index (Phi) is 6.08. The molecule has 6 heteroatoms. The highest BCUT2D eigenvalue weighted by atomic mass is 35.5. The number of carbonyl (C=O) groups is 1. The zero-order valence-corrected chi connectivity index (χ0v) is 16.8. The van der Waals surface area contributed by atoms with E-state index in [0.717, 1.165) is 31.0 Å². The molecule has 5 nitrogen and oxygen atoms in total. The van der Waals surface area contributed by atoms with Crippen molar-refractivity contribution in [1.29, 1.82) is 0 Å². The van der Waals surface area contributed by atoms with Crippen LogP contribution in [0.3, 0.4) is 0 Å². The van der Waals surface area contributed by atoms with Crippen LogP contribution in [0.4, 0.5) is 5.82 Å². The van der Waals surface area contributed by atoms with Gasteiger partial charge in [0.25, 0.3) is 5.91 Å². The Morgan fingerprint density at radius 2 is 2.00 bits per heavy atom. The third-order valence-corrected chi connectivity index (χ3v) is 5.29. The van der Waals surface area contributed by atoms with Gasteiger partial charge in [-0.2, -0.15) is 0 Å². The van der Waals surface area contributed by atoms with Gasteiger partial charge in [0.1, 0.15) is 5.82 Å². The molecule has 2 aromatic carbocycles. The third kappa shape index (κ3) is 4.94. The van der Waals surface area contributed by atoms with E-state index in [2.05, 4.69) is 44.8 Å². The lowest BCUT2D eigenvalue weighted by Crippen LogP contribution is -2.46. The number of benzene rings is 2. The zero-order valence-electron chi connectivity index (χ0n) is 16.0. The molecule has 0 bridgehead atoms. The molecule has 1 aliphatic heterocycles. The SMILES string of the molecule is O=C(NCc1cccc(Cl)c1)c1ccc(N2CCNC(c3ccccc3)C2)nc1. The monoisotopic (exact) mass is 406 g/mol. The Bertz CT molecular complexity index is 962. The van der Waals surface area contributed by atoms with Crippen LogP contribution in [0.25, 0.3) is 0 Å². The molecule has 1 fully saturated rings. The first kappa shape index (κ1) is 19.4. The average molecular weight is 407 g/mol. The van der Waals surface area contributed by atoms with Crippen LogP contribution in [-0.4, -0.2) is 30.5 Å². The standard InChI is InChI=1S/C23H23ClN4O/c24-20-8-4-5-17(13-20)14-27-23(29)19-9-10-22(26-15-19)28-12-11-25-21(16-28)18-6-2-1-3-7-18/h1-10,13,15,21,25H,11-12,14,16H2,(H,27,29). The number of nitrogens with zero attached hydrogens (tertiary/aromatic N) is 2. The first-order valence-electron chi connectivity index (χ1n) is 9.71. The number of piperazine rings is 1. The summed E-state index contributed by atoms with van der Waals surface area (Å²) in [6.45, 7) is 3.05. The molecule has 2 N–H and O–H groups in total. The van der Waals surface area contributed by atoms with E-state index in [-0.39, 0.29) is 11.9 Å². The minimum absolute atomic E-state index is 0.147. The van der Waals surface area contributed by atoms with Gasteiger partial charge in [-0.05, 0) is 35.4 Å². The molecule has 1 unspecified atom stereocenters. The highest BCUT2D eigenvalue weighted by molar-refractivity contribution is 6.30. The number of pyridine rings is 1. The first-order valence-corrected chi connectivity index (χ1v) is 10.1. The zero-order chi connectivity index (χ0) is 20.1. The number of nitrogens with one attached hydrogen (secondary N) is 2. The highest BCUT2D eigenvalue weighted by Crippen LogP contribution is 2.21. The van der Waals surface area contributed by atoms with Gasteiger partial charge in [-0.25, -0.2) is 4.98 Å². The van der Waals surface area contributed by atoms with Gasteiger partial charge in [-0.3, -0.25) is 4.79 Å². The van der Waals surface area contributed by atoms with Crippen molar-refractivity contribution in [3.63, 3.8) is 0 Å². The number of amides is 1. The molecule has 29 heavy (non-hydrogen) atoms. The minimum Gasteiger partial charge on any atom is -0.353 e. The molecule has 1 saturated heterocycles. The van der Waals surface area contributed by atoms with Crippen LogP contribution in [0.15, 0.2) is 72.9 Å². The topological polar surface area (TPSA) is 57.3 Å². The Morgan fingerprint density at radius 3 is 2.76 bits per heavy atom.